The smallest absolute Gasteiger partial charge is 0.271 e. The van der Waals surface area contributed by atoms with E-state index in [4.69, 9.17) is 38.9 Å². The van der Waals surface area contributed by atoms with E-state index in [0.717, 1.165) is 81.6 Å². The fourth-order valence-corrected chi connectivity index (χ4v) is 9.95. The number of fused-ring (bicyclic) bond motifs is 3. The quantitative estimate of drug-likeness (QED) is 0.101. The molecule has 12 nitrogen and oxygen atoms in total. The van der Waals surface area contributed by atoms with Crippen LogP contribution in [0.25, 0.3) is 0 Å². The molecule has 4 aromatic carbocycles. The van der Waals surface area contributed by atoms with Gasteiger partial charge in [0.2, 0.25) is 6.35 Å². The lowest BCUT2D eigenvalue weighted by Gasteiger charge is -2.31. The summed E-state index contributed by atoms with van der Waals surface area (Å²) in [6.07, 6.45) is 1.72. The molecule has 12 heteroatoms. The van der Waals surface area contributed by atoms with Gasteiger partial charge in [-0.25, -0.2) is 19.9 Å². The average molecular weight is 921 g/mol. The van der Waals surface area contributed by atoms with Gasteiger partial charge in [0.1, 0.15) is 0 Å². The van der Waals surface area contributed by atoms with Crippen molar-refractivity contribution >= 4 is 46.0 Å². The van der Waals surface area contributed by atoms with E-state index in [-0.39, 0.29) is 28.0 Å². The number of rotatable bonds is 14. The van der Waals surface area contributed by atoms with Crippen molar-refractivity contribution in [1.82, 2.24) is 19.9 Å². The second kappa shape index (κ2) is 21.2. The number of anilines is 8. The second-order valence-electron chi connectivity index (χ2n) is 19.9. The lowest BCUT2D eigenvalue weighted by Crippen LogP contribution is -2.41. The molecule has 3 heterocycles. The summed E-state index contributed by atoms with van der Waals surface area (Å²) < 4.78 is 21.6. The van der Waals surface area contributed by atoms with Crippen molar-refractivity contribution in [2.45, 2.75) is 130 Å². The van der Waals surface area contributed by atoms with E-state index in [1.807, 2.05) is 100 Å². The molecule has 0 amide bonds. The first-order valence-electron chi connectivity index (χ1n) is 24.2. The molecule has 2 aromatic heterocycles. The van der Waals surface area contributed by atoms with Crippen molar-refractivity contribution in [3.8, 4) is 0 Å². The third-order valence-electron chi connectivity index (χ3n) is 12.4. The van der Waals surface area contributed by atoms with Gasteiger partial charge in [-0.2, -0.15) is 0 Å². The van der Waals surface area contributed by atoms with Gasteiger partial charge in [0.25, 0.3) is 6.48 Å². The topological polar surface area (TPSA) is 119 Å². The number of hydrogen-bond donors (Lipinski definition) is 2. The maximum absolute atomic E-state index is 6.33. The Morgan fingerprint density at radius 3 is 1.07 bits per heavy atom. The lowest BCUT2D eigenvalue weighted by molar-refractivity contribution is -0.282. The molecule has 2 N–H and O–H groups in total. The molecule has 0 saturated carbocycles. The summed E-state index contributed by atoms with van der Waals surface area (Å²) in [7, 11) is 0. The number of ether oxygens (including phenoxy) is 4. The van der Waals surface area contributed by atoms with Crippen molar-refractivity contribution in [2.24, 2.45) is 0 Å². The van der Waals surface area contributed by atoms with Crippen molar-refractivity contribution in [3.63, 3.8) is 0 Å². The summed E-state index contributed by atoms with van der Waals surface area (Å²) >= 11 is 0. The SMILES string of the molecule is CC1(C)CC(C)(C)c2nc(Nc3ccccc3)c(Nc3ccccc3)nc21.CCOC(OCC)OCC.CCOC1N(c2ccccc2)c2nc3c(nc2N1c1ccccc1)C(C)(C)CC3(C)C. The highest BCUT2D eigenvalue weighted by Crippen LogP contribution is 2.53. The summed E-state index contributed by atoms with van der Waals surface area (Å²) in [5, 5.41) is 6.90. The monoisotopic (exact) mass is 921 g/mol. The zero-order valence-electron chi connectivity index (χ0n) is 42.3. The highest BCUT2D eigenvalue weighted by molar-refractivity contribution is 5.83. The Bertz CT molecular complexity index is 2380. The molecule has 6 aromatic rings. The zero-order valence-corrected chi connectivity index (χ0v) is 42.3. The fraction of sp³-hybridized carbons (Fsp3) is 0.429. The van der Waals surface area contributed by atoms with Crippen molar-refractivity contribution in [3.05, 3.63) is 144 Å². The minimum absolute atomic E-state index is 0.00419. The molecule has 9 rings (SSSR count). The fourth-order valence-electron chi connectivity index (χ4n) is 9.95. The maximum atomic E-state index is 6.33. The minimum Gasteiger partial charge on any atom is -0.340 e. The Hall–Kier alpha value is -5.92. The normalized spacial score (nSPS) is 16.8. The van der Waals surface area contributed by atoms with Gasteiger partial charge >= 0.3 is 0 Å². The predicted octanol–water partition coefficient (Wildman–Crippen LogP) is 13.3. The third kappa shape index (κ3) is 11.0. The molecule has 3 aliphatic rings. The number of nitrogens with zero attached hydrogens (tertiary/aromatic N) is 6. The van der Waals surface area contributed by atoms with Gasteiger partial charge in [-0.05, 0) is 89.1 Å². The standard InChI is InChI=1S/C26H30N4O.C23H26N4.C7H16O3/c1-6-31-24-29(18-13-9-7-10-14-18)22-23(30(24)19-15-11-8-12-16-19)28-21-20(27-22)25(2,3)17-26(21,4)5;1-22(2)15-23(3,4)19-18(22)26-20(24-16-11-7-5-8-12-16)21(27-19)25-17-13-9-6-10-14-17;1-4-8-7(9-5-2)10-6-3/h7-16,24H,6,17H2,1-5H3;5-14H,15H2,1-4H3,(H,24,26)(H,25,27);7H,4-6H2,1-3H3. The van der Waals surface area contributed by atoms with E-state index in [1.165, 1.54) is 0 Å². The largest absolute Gasteiger partial charge is 0.340 e. The third-order valence-corrected chi connectivity index (χ3v) is 12.4. The van der Waals surface area contributed by atoms with Crippen LogP contribution in [0.1, 0.15) is 119 Å². The summed E-state index contributed by atoms with van der Waals surface area (Å²) in [6, 6.07) is 40.9. The zero-order chi connectivity index (χ0) is 48.7. The van der Waals surface area contributed by atoms with E-state index >= 15 is 0 Å². The molecule has 0 saturated heterocycles. The number of hydrogen-bond acceptors (Lipinski definition) is 12. The number of nitrogens with one attached hydrogen (secondary N) is 2. The van der Waals surface area contributed by atoms with Crippen LogP contribution in [0.2, 0.25) is 0 Å². The molecule has 0 unspecified atom stereocenters. The van der Waals surface area contributed by atoms with Crippen LogP contribution in [0.3, 0.4) is 0 Å². The van der Waals surface area contributed by atoms with Crippen LogP contribution in [-0.4, -0.2) is 59.2 Å². The maximum Gasteiger partial charge on any atom is 0.271 e. The van der Waals surface area contributed by atoms with Gasteiger partial charge in [0.05, 0.1) is 22.8 Å². The first-order chi connectivity index (χ1) is 32.5. The van der Waals surface area contributed by atoms with E-state index in [9.17, 15) is 0 Å². The van der Waals surface area contributed by atoms with Crippen molar-refractivity contribution in [2.75, 3.05) is 46.9 Å². The lowest BCUT2D eigenvalue weighted by atomic mass is 9.83. The molecule has 1 aliphatic heterocycles. The Balaban J connectivity index is 0.000000170. The average Bonchev–Trinajstić information content (AvgIpc) is 3.80. The molecule has 0 fully saturated rings. The van der Waals surface area contributed by atoms with Gasteiger partial charge in [0, 0.05) is 70.8 Å². The summed E-state index contributed by atoms with van der Waals surface area (Å²) in [5.74, 6) is 3.24. The van der Waals surface area contributed by atoms with Gasteiger partial charge in [0.15, 0.2) is 23.3 Å². The molecule has 0 radical (unpaired) electrons. The van der Waals surface area contributed by atoms with Gasteiger partial charge in [-0.15, -0.1) is 0 Å². The molecule has 2 aliphatic carbocycles. The Morgan fingerprint density at radius 1 is 0.456 bits per heavy atom. The molecule has 360 valence electrons. The number of para-hydroxylation sites is 4. The number of aromatic nitrogens is 4. The van der Waals surface area contributed by atoms with E-state index in [1.54, 1.807) is 0 Å². The van der Waals surface area contributed by atoms with E-state index in [0.29, 0.717) is 26.4 Å². The molecular weight excluding hydrogens is 849 g/mol. The van der Waals surface area contributed by atoms with Crippen LogP contribution in [-0.2, 0) is 40.6 Å². The highest BCUT2D eigenvalue weighted by atomic mass is 16.8. The first kappa shape index (κ1) is 50.0. The predicted molar refractivity (Wildman–Crippen MR) is 276 cm³/mol. The minimum atomic E-state index is -0.472. The summed E-state index contributed by atoms with van der Waals surface area (Å²) in [6.45, 7) is 27.8. The Morgan fingerprint density at radius 2 is 0.765 bits per heavy atom. The van der Waals surface area contributed by atoms with Crippen molar-refractivity contribution < 1.29 is 18.9 Å². The van der Waals surface area contributed by atoms with Gasteiger partial charge in [-0.3, -0.25) is 9.80 Å². The summed E-state index contributed by atoms with van der Waals surface area (Å²) in [5.41, 5.74) is 8.42. The van der Waals surface area contributed by atoms with Crippen LogP contribution in [0.5, 0.6) is 0 Å². The van der Waals surface area contributed by atoms with Gasteiger partial charge < -0.3 is 29.6 Å². The second-order valence-corrected chi connectivity index (χ2v) is 19.9. The highest BCUT2D eigenvalue weighted by Gasteiger charge is 2.49. The van der Waals surface area contributed by atoms with E-state index < -0.39 is 6.48 Å². The Labute approximate surface area is 404 Å². The molecule has 0 spiro atoms. The van der Waals surface area contributed by atoms with E-state index in [2.05, 4.69) is 124 Å². The Kier molecular flexibility index (Phi) is 15.5. The molecule has 0 bridgehead atoms. The number of benzene rings is 4. The molecule has 68 heavy (non-hydrogen) atoms. The molecule has 0 atom stereocenters. The van der Waals surface area contributed by atoms with Crippen LogP contribution >= 0.6 is 0 Å². The van der Waals surface area contributed by atoms with Crippen LogP contribution in [0, 0.1) is 0 Å². The van der Waals surface area contributed by atoms with Crippen LogP contribution in [0.15, 0.2) is 121 Å². The van der Waals surface area contributed by atoms with Crippen LogP contribution in [0.4, 0.5) is 46.0 Å². The summed E-state index contributed by atoms with van der Waals surface area (Å²) in [4.78, 5) is 25.1. The van der Waals surface area contributed by atoms with Crippen molar-refractivity contribution in [1.29, 1.82) is 0 Å². The van der Waals surface area contributed by atoms with Gasteiger partial charge in [-0.1, -0.05) is 128 Å². The molecular formula is C56H72N8O4. The first-order valence-corrected chi connectivity index (χ1v) is 24.2. The van der Waals surface area contributed by atoms with Crippen LogP contribution < -0.4 is 20.4 Å².